The number of morpholine rings is 1. The first kappa shape index (κ1) is 18.2. The Labute approximate surface area is 170 Å². The quantitative estimate of drug-likeness (QED) is 0.626. The van der Waals surface area contributed by atoms with Crippen LogP contribution in [0.3, 0.4) is 0 Å². The van der Waals surface area contributed by atoms with E-state index in [1.807, 2.05) is 42.5 Å². The van der Waals surface area contributed by atoms with Crippen molar-refractivity contribution in [2.24, 2.45) is 0 Å². The number of carbonyl (C=O) groups excluding carboxylic acids is 1. The molecule has 5 rings (SSSR count). The molecule has 3 aliphatic heterocycles. The van der Waals surface area contributed by atoms with Crippen LogP contribution in [0.1, 0.15) is 23.1 Å². The fourth-order valence-corrected chi connectivity index (χ4v) is 4.08. The summed E-state index contributed by atoms with van der Waals surface area (Å²) >= 11 is 0. The molecule has 0 aliphatic carbocycles. The number of ether oxygens (including phenoxy) is 3. The number of hydrogen-bond donors (Lipinski definition) is 1. The highest BCUT2D eigenvalue weighted by atomic mass is 16.5. The molecule has 29 heavy (non-hydrogen) atoms. The second-order valence-corrected chi connectivity index (χ2v) is 7.47. The predicted molar refractivity (Wildman–Crippen MR) is 110 cm³/mol. The zero-order valence-electron chi connectivity index (χ0n) is 16.3. The first-order valence-electron chi connectivity index (χ1n) is 10.1. The monoisotopic (exact) mass is 392 g/mol. The van der Waals surface area contributed by atoms with Gasteiger partial charge in [0.15, 0.2) is 0 Å². The van der Waals surface area contributed by atoms with Gasteiger partial charge in [0, 0.05) is 42.0 Å². The summed E-state index contributed by atoms with van der Waals surface area (Å²) in [6.45, 7) is 5.82. The molecular formula is C23H24N2O4. The van der Waals surface area contributed by atoms with Crippen LogP contribution in [0.2, 0.25) is 0 Å². The van der Waals surface area contributed by atoms with Crippen molar-refractivity contribution in [1.29, 1.82) is 0 Å². The lowest BCUT2D eigenvalue weighted by Gasteiger charge is -2.26. The number of fused-ring (bicyclic) bond motifs is 2. The molecule has 1 saturated heterocycles. The lowest BCUT2D eigenvalue weighted by Crippen LogP contribution is -2.37. The maximum atomic E-state index is 12.5. The van der Waals surface area contributed by atoms with Gasteiger partial charge >= 0.3 is 0 Å². The van der Waals surface area contributed by atoms with Gasteiger partial charge in [0.1, 0.15) is 18.1 Å². The van der Waals surface area contributed by atoms with Crippen LogP contribution in [0.4, 0.5) is 5.69 Å². The van der Waals surface area contributed by atoms with Crippen molar-refractivity contribution in [3.05, 3.63) is 59.2 Å². The van der Waals surface area contributed by atoms with E-state index in [4.69, 9.17) is 14.2 Å². The lowest BCUT2D eigenvalue weighted by molar-refractivity contribution is -0.110. The number of rotatable bonds is 5. The van der Waals surface area contributed by atoms with Crippen molar-refractivity contribution in [2.45, 2.75) is 13.0 Å². The van der Waals surface area contributed by atoms with E-state index < -0.39 is 0 Å². The number of nitrogens with one attached hydrogen (secondary N) is 1. The molecule has 6 heteroatoms. The van der Waals surface area contributed by atoms with Crippen molar-refractivity contribution in [3.63, 3.8) is 0 Å². The third kappa shape index (κ3) is 3.61. The third-order valence-corrected chi connectivity index (χ3v) is 5.58. The van der Waals surface area contributed by atoms with E-state index >= 15 is 0 Å². The molecule has 150 valence electrons. The Hall–Kier alpha value is -2.83. The first-order valence-corrected chi connectivity index (χ1v) is 10.1. The van der Waals surface area contributed by atoms with Crippen molar-refractivity contribution in [2.75, 3.05) is 44.8 Å². The molecule has 2 aromatic rings. The van der Waals surface area contributed by atoms with E-state index in [1.54, 1.807) is 0 Å². The van der Waals surface area contributed by atoms with Crippen LogP contribution < -0.4 is 10.1 Å². The maximum Gasteiger partial charge on any atom is 0.260 e. The van der Waals surface area contributed by atoms with Gasteiger partial charge in [-0.25, -0.2) is 0 Å². The van der Waals surface area contributed by atoms with Gasteiger partial charge in [-0.05, 0) is 30.7 Å². The highest BCUT2D eigenvalue weighted by molar-refractivity contribution is 6.36. The molecule has 3 heterocycles. The van der Waals surface area contributed by atoms with Gasteiger partial charge in [-0.3, -0.25) is 9.69 Å². The van der Waals surface area contributed by atoms with Gasteiger partial charge in [0.25, 0.3) is 5.91 Å². The zero-order valence-corrected chi connectivity index (χ0v) is 16.3. The molecule has 1 amide bonds. The fraction of sp³-hybridized carbons (Fsp3) is 0.348. The maximum absolute atomic E-state index is 12.5. The minimum absolute atomic E-state index is 0.113. The highest BCUT2D eigenvalue weighted by Gasteiger charge is 2.32. The van der Waals surface area contributed by atoms with Gasteiger partial charge in [-0.1, -0.05) is 18.2 Å². The average molecular weight is 392 g/mol. The van der Waals surface area contributed by atoms with Crippen LogP contribution in [0.5, 0.6) is 5.75 Å². The second kappa shape index (κ2) is 7.89. The van der Waals surface area contributed by atoms with Gasteiger partial charge in [-0.2, -0.15) is 0 Å². The van der Waals surface area contributed by atoms with Crippen molar-refractivity contribution in [3.8, 4) is 5.75 Å². The molecular weight excluding hydrogens is 368 g/mol. The Morgan fingerprint density at radius 2 is 1.93 bits per heavy atom. The zero-order chi connectivity index (χ0) is 19.6. The number of amides is 1. The van der Waals surface area contributed by atoms with Crippen LogP contribution in [0.15, 0.2) is 42.5 Å². The molecule has 0 aromatic heterocycles. The van der Waals surface area contributed by atoms with Gasteiger partial charge < -0.3 is 19.5 Å². The topological polar surface area (TPSA) is 60.0 Å². The Morgan fingerprint density at radius 3 is 2.83 bits per heavy atom. The van der Waals surface area contributed by atoms with Crippen molar-refractivity contribution >= 4 is 22.9 Å². The molecule has 0 saturated carbocycles. The summed E-state index contributed by atoms with van der Waals surface area (Å²) in [5, 5.41) is 2.91. The summed E-state index contributed by atoms with van der Waals surface area (Å²) in [5.41, 5.74) is 4.35. The molecule has 6 nitrogen and oxygen atoms in total. The summed E-state index contributed by atoms with van der Waals surface area (Å²) in [6.07, 6.45) is 0.986. The minimum atomic E-state index is -0.113. The Bertz CT molecular complexity index is 963. The average Bonchev–Trinajstić information content (AvgIpc) is 3.31. The number of anilines is 1. The first-order chi connectivity index (χ1) is 14.3. The van der Waals surface area contributed by atoms with Crippen molar-refractivity contribution in [1.82, 2.24) is 4.90 Å². The molecule has 1 fully saturated rings. The number of nitrogens with zero attached hydrogens (tertiary/aromatic N) is 1. The molecule has 1 N–H and O–H groups in total. The number of para-hydroxylation sites is 1. The normalized spacial score (nSPS) is 20.8. The van der Waals surface area contributed by atoms with E-state index in [9.17, 15) is 4.79 Å². The Balaban J connectivity index is 1.28. The molecule has 0 unspecified atom stereocenters. The highest BCUT2D eigenvalue weighted by Crippen LogP contribution is 2.42. The van der Waals surface area contributed by atoms with Gasteiger partial charge in [-0.15, -0.1) is 0 Å². The van der Waals surface area contributed by atoms with Crippen LogP contribution in [-0.2, 0) is 20.9 Å². The minimum Gasteiger partial charge on any atom is -0.494 e. The van der Waals surface area contributed by atoms with Gasteiger partial charge in [0.2, 0.25) is 0 Å². The summed E-state index contributed by atoms with van der Waals surface area (Å²) in [7, 11) is 0. The van der Waals surface area contributed by atoms with Gasteiger partial charge in [0.05, 0.1) is 25.4 Å². The summed E-state index contributed by atoms with van der Waals surface area (Å²) in [6, 6.07) is 13.7. The van der Waals surface area contributed by atoms with E-state index in [0.717, 1.165) is 67.4 Å². The second-order valence-electron chi connectivity index (χ2n) is 7.47. The predicted octanol–water partition coefficient (Wildman–Crippen LogP) is 3.14. The smallest absolute Gasteiger partial charge is 0.260 e. The number of hydrogen-bond acceptors (Lipinski definition) is 5. The standard InChI is InChI=1S/C23H24N2O4/c26-23-21(19-4-1-2-5-20(19)24-23)22-18-7-6-17(14-16(18)15-29-22)28-11-3-8-25-9-12-27-13-10-25/h1-2,4-7,14H,3,8-13,15H2,(H,24,26). The molecule has 3 aliphatic rings. The molecule has 0 spiro atoms. The molecule has 0 radical (unpaired) electrons. The largest absolute Gasteiger partial charge is 0.494 e. The van der Waals surface area contributed by atoms with E-state index in [0.29, 0.717) is 24.5 Å². The van der Waals surface area contributed by atoms with E-state index in [1.165, 1.54) is 0 Å². The Kier molecular flexibility index (Phi) is 4.96. The SMILES string of the molecule is O=C1Nc2ccccc2C1=C1OCc2cc(OCCCN3CCOCC3)ccc21. The van der Waals surface area contributed by atoms with Crippen LogP contribution in [-0.4, -0.2) is 50.3 Å². The van der Waals surface area contributed by atoms with Crippen LogP contribution in [0.25, 0.3) is 11.3 Å². The van der Waals surface area contributed by atoms with E-state index in [2.05, 4.69) is 10.2 Å². The molecule has 2 aromatic carbocycles. The number of benzene rings is 2. The third-order valence-electron chi connectivity index (χ3n) is 5.58. The van der Waals surface area contributed by atoms with Crippen LogP contribution >= 0.6 is 0 Å². The fourth-order valence-electron chi connectivity index (χ4n) is 4.08. The van der Waals surface area contributed by atoms with Crippen LogP contribution in [0, 0.1) is 0 Å². The van der Waals surface area contributed by atoms with Crippen molar-refractivity contribution < 1.29 is 19.0 Å². The summed E-state index contributed by atoms with van der Waals surface area (Å²) in [5.74, 6) is 1.38. The summed E-state index contributed by atoms with van der Waals surface area (Å²) in [4.78, 5) is 14.9. The molecule has 0 atom stereocenters. The number of carbonyl (C=O) groups is 1. The lowest BCUT2D eigenvalue weighted by atomic mass is 10.0. The molecule has 0 bridgehead atoms. The Morgan fingerprint density at radius 1 is 1.07 bits per heavy atom. The van der Waals surface area contributed by atoms with E-state index in [-0.39, 0.29) is 5.91 Å². The summed E-state index contributed by atoms with van der Waals surface area (Å²) < 4.78 is 17.3.